The normalized spacial score (nSPS) is 17.1. The van der Waals surface area contributed by atoms with Crippen molar-refractivity contribution in [3.63, 3.8) is 0 Å². The van der Waals surface area contributed by atoms with Gasteiger partial charge in [-0.1, -0.05) is 6.07 Å². The molecule has 0 aromatic carbocycles. The molecule has 0 atom stereocenters. The van der Waals surface area contributed by atoms with Crippen LogP contribution in [-0.4, -0.2) is 27.2 Å². The quantitative estimate of drug-likeness (QED) is 0.796. The van der Waals surface area contributed by atoms with Gasteiger partial charge in [-0.3, -0.25) is 9.20 Å². The van der Waals surface area contributed by atoms with Crippen LogP contribution in [0, 0.1) is 5.92 Å². The number of nitrogens with zero attached hydrogens (tertiary/aromatic N) is 2. The molecule has 4 heteroatoms. The minimum absolute atomic E-state index is 0.699. The van der Waals surface area contributed by atoms with Crippen molar-refractivity contribution < 1.29 is 4.79 Å². The summed E-state index contributed by atoms with van der Waals surface area (Å²) in [4.78, 5) is 15.6. The number of thioether (sulfide) groups is 1. The molecule has 1 saturated heterocycles. The van der Waals surface area contributed by atoms with Gasteiger partial charge in [-0.2, -0.15) is 11.8 Å². The lowest BCUT2D eigenvalue weighted by Gasteiger charge is -2.20. The average molecular weight is 260 g/mol. The Morgan fingerprint density at radius 1 is 1.39 bits per heavy atom. The second-order valence-corrected chi connectivity index (χ2v) is 5.99. The maximum Gasteiger partial charge on any atom is 0.166 e. The molecule has 2 aromatic heterocycles. The summed E-state index contributed by atoms with van der Waals surface area (Å²) in [6.45, 7) is 0. The molecular formula is C14H16N2OS. The molecule has 0 N–H and O–H groups in total. The molecule has 0 bridgehead atoms. The van der Waals surface area contributed by atoms with E-state index in [1.807, 2.05) is 40.6 Å². The van der Waals surface area contributed by atoms with Gasteiger partial charge in [0.25, 0.3) is 0 Å². The Bertz CT molecular complexity index is 558. The van der Waals surface area contributed by atoms with Gasteiger partial charge in [0, 0.05) is 6.42 Å². The van der Waals surface area contributed by atoms with Crippen LogP contribution in [0.25, 0.3) is 5.52 Å². The number of imidazole rings is 1. The number of hydrogen-bond donors (Lipinski definition) is 0. The van der Waals surface area contributed by atoms with Crippen LogP contribution < -0.4 is 0 Å². The predicted molar refractivity (Wildman–Crippen MR) is 74.3 cm³/mol. The van der Waals surface area contributed by atoms with Gasteiger partial charge in [-0.25, -0.2) is 4.98 Å². The molecule has 0 unspecified atom stereocenters. The molecule has 0 saturated carbocycles. The van der Waals surface area contributed by atoms with Crippen molar-refractivity contribution in [1.82, 2.24) is 9.38 Å². The van der Waals surface area contributed by atoms with Crippen LogP contribution in [0.15, 0.2) is 24.4 Å². The molecule has 0 radical (unpaired) electrons. The van der Waals surface area contributed by atoms with Crippen molar-refractivity contribution in [3.8, 4) is 0 Å². The molecule has 1 aliphatic heterocycles. The van der Waals surface area contributed by atoms with Crippen LogP contribution in [0.2, 0.25) is 0 Å². The van der Waals surface area contributed by atoms with Gasteiger partial charge in [0.15, 0.2) is 6.29 Å². The predicted octanol–water partition coefficient (Wildman–Crippen LogP) is 2.83. The summed E-state index contributed by atoms with van der Waals surface area (Å²) in [5.74, 6) is 4.27. The van der Waals surface area contributed by atoms with E-state index in [4.69, 9.17) is 0 Å². The fourth-order valence-electron chi connectivity index (χ4n) is 2.59. The molecule has 0 aliphatic carbocycles. The number of pyridine rings is 1. The Kier molecular flexibility index (Phi) is 3.37. The SMILES string of the molecule is O=Cc1cccc2cnc(CC3CCSCC3)n12. The molecule has 3 rings (SSSR count). The lowest BCUT2D eigenvalue weighted by Crippen LogP contribution is -2.14. The molecule has 1 aliphatic rings. The van der Waals surface area contributed by atoms with Crippen molar-refractivity contribution in [2.45, 2.75) is 19.3 Å². The summed E-state index contributed by atoms with van der Waals surface area (Å²) in [5.41, 5.74) is 1.71. The number of fused-ring (bicyclic) bond motifs is 1. The highest BCUT2D eigenvalue weighted by Crippen LogP contribution is 2.26. The lowest BCUT2D eigenvalue weighted by atomic mass is 9.98. The van der Waals surface area contributed by atoms with E-state index < -0.39 is 0 Å². The van der Waals surface area contributed by atoms with Crippen molar-refractivity contribution in [3.05, 3.63) is 35.9 Å². The number of carbonyl (C=O) groups excluding carboxylic acids is 1. The third kappa shape index (κ3) is 2.17. The van der Waals surface area contributed by atoms with E-state index in [0.29, 0.717) is 5.69 Å². The van der Waals surface area contributed by atoms with Crippen molar-refractivity contribution in [1.29, 1.82) is 0 Å². The molecule has 2 aromatic rings. The maximum absolute atomic E-state index is 11.1. The number of aromatic nitrogens is 2. The Morgan fingerprint density at radius 3 is 3.00 bits per heavy atom. The van der Waals surface area contributed by atoms with Crippen LogP contribution in [-0.2, 0) is 6.42 Å². The highest BCUT2D eigenvalue weighted by atomic mass is 32.2. The van der Waals surface area contributed by atoms with Gasteiger partial charge in [-0.05, 0) is 42.4 Å². The molecule has 18 heavy (non-hydrogen) atoms. The molecule has 3 nitrogen and oxygen atoms in total. The number of carbonyl (C=O) groups is 1. The Labute approximate surface area is 111 Å². The summed E-state index contributed by atoms with van der Waals surface area (Å²) in [7, 11) is 0. The van der Waals surface area contributed by atoms with Gasteiger partial charge in [-0.15, -0.1) is 0 Å². The first kappa shape index (κ1) is 11.8. The van der Waals surface area contributed by atoms with Crippen LogP contribution in [0.1, 0.15) is 29.2 Å². The second-order valence-electron chi connectivity index (χ2n) is 4.76. The van der Waals surface area contributed by atoms with E-state index in [2.05, 4.69) is 4.98 Å². The van der Waals surface area contributed by atoms with Gasteiger partial charge in [0.05, 0.1) is 17.4 Å². The minimum Gasteiger partial charge on any atom is -0.296 e. The Morgan fingerprint density at radius 2 is 2.22 bits per heavy atom. The summed E-state index contributed by atoms with van der Waals surface area (Å²) in [5, 5.41) is 0. The lowest BCUT2D eigenvalue weighted by molar-refractivity contribution is 0.111. The zero-order valence-corrected chi connectivity index (χ0v) is 11.0. The fourth-order valence-corrected chi connectivity index (χ4v) is 3.79. The summed E-state index contributed by atoms with van der Waals surface area (Å²) in [6.07, 6.45) is 6.29. The topological polar surface area (TPSA) is 34.4 Å². The van der Waals surface area contributed by atoms with Gasteiger partial charge in [0.1, 0.15) is 5.82 Å². The minimum atomic E-state index is 0.699. The molecule has 3 heterocycles. The summed E-state index contributed by atoms with van der Waals surface area (Å²) in [6, 6.07) is 5.75. The van der Waals surface area contributed by atoms with Gasteiger partial charge in [0.2, 0.25) is 0 Å². The molecule has 1 fully saturated rings. The molecule has 0 spiro atoms. The molecule has 0 amide bonds. The number of rotatable bonds is 3. The smallest absolute Gasteiger partial charge is 0.166 e. The van der Waals surface area contributed by atoms with Crippen LogP contribution in [0.5, 0.6) is 0 Å². The average Bonchev–Trinajstić information content (AvgIpc) is 2.83. The summed E-state index contributed by atoms with van der Waals surface area (Å²) < 4.78 is 1.99. The van der Waals surface area contributed by atoms with Crippen molar-refractivity contribution >= 4 is 23.6 Å². The van der Waals surface area contributed by atoms with E-state index in [0.717, 1.165) is 30.0 Å². The van der Waals surface area contributed by atoms with Crippen molar-refractivity contribution in [2.24, 2.45) is 5.92 Å². The highest BCUT2D eigenvalue weighted by molar-refractivity contribution is 7.99. The number of hydrogen-bond acceptors (Lipinski definition) is 3. The first-order chi connectivity index (χ1) is 8.88. The van der Waals surface area contributed by atoms with E-state index in [-0.39, 0.29) is 0 Å². The monoisotopic (exact) mass is 260 g/mol. The molecule has 94 valence electrons. The maximum atomic E-state index is 11.1. The van der Waals surface area contributed by atoms with E-state index in [1.54, 1.807) is 0 Å². The third-order valence-corrected chi connectivity index (χ3v) is 4.64. The van der Waals surface area contributed by atoms with E-state index >= 15 is 0 Å². The second kappa shape index (κ2) is 5.14. The van der Waals surface area contributed by atoms with Gasteiger partial charge < -0.3 is 0 Å². The Balaban J connectivity index is 1.93. The largest absolute Gasteiger partial charge is 0.296 e. The fraction of sp³-hybridized carbons (Fsp3) is 0.429. The standard InChI is InChI=1S/C14H16N2OS/c17-10-13-3-1-2-12-9-15-14(16(12)13)8-11-4-6-18-7-5-11/h1-3,9-11H,4-8H2. The zero-order chi connectivity index (χ0) is 12.4. The van der Waals surface area contributed by atoms with E-state index in [1.165, 1.54) is 24.3 Å². The Hall–Kier alpha value is -1.29. The number of aldehydes is 1. The van der Waals surface area contributed by atoms with Crippen LogP contribution in [0.3, 0.4) is 0 Å². The first-order valence-corrected chi connectivity index (χ1v) is 7.52. The summed E-state index contributed by atoms with van der Waals surface area (Å²) >= 11 is 2.04. The first-order valence-electron chi connectivity index (χ1n) is 6.37. The van der Waals surface area contributed by atoms with E-state index in [9.17, 15) is 4.79 Å². The third-order valence-electron chi connectivity index (χ3n) is 3.59. The van der Waals surface area contributed by atoms with Crippen LogP contribution in [0.4, 0.5) is 0 Å². The molecular weight excluding hydrogens is 244 g/mol. The zero-order valence-electron chi connectivity index (χ0n) is 10.2. The van der Waals surface area contributed by atoms with Crippen LogP contribution >= 0.6 is 11.8 Å². The van der Waals surface area contributed by atoms with Gasteiger partial charge >= 0.3 is 0 Å². The highest BCUT2D eigenvalue weighted by Gasteiger charge is 2.17. The van der Waals surface area contributed by atoms with Crippen molar-refractivity contribution in [2.75, 3.05) is 11.5 Å².